The molecule has 1 aromatic heterocycles. The predicted molar refractivity (Wildman–Crippen MR) is 110 cm³/mol. The van der Waals surface area contributed by atoms with Crippen LogP contribution in [0.1, 0.15) is 50.0 Å². The molecule has 1 saturated heterocycles. The molecule has 0 unspecified atom stereocenters. The highest BCUT2D eigenvalue weighted by Gasteiger charge is 2.30. The fourth-order valence-electron chi connectivity index (χ4n) is 4.73. The van der Waals surface area contributed by atoms with Gasteiger partial charge in [-0.1, -0.05) is 0 Å². The number of benzene rings is 1. The number of methoxy groups -OCH3 is 1. The molecule has 3 N–H and O–H groups in total. The zero-order valence-corrected chi connectivity index (χ0v) is 16.8. The van der Waals surface area contributed by atoms with E-state index in [2.05, 4.69) is 22.6 Å². The van der Waals surface area contributed by atoms with Crippen molar-refractivity contribution in [3.8, 4) is 5.75 Å². The summed E-state index contributed by atoms with van der Waals surface area (Å²) in [5.74, 6) is 0.305. The molecule has 0 atom stereocenters. The molecule has 2 fully saturated rings. The summed E-state index contributed by atoms with van der Waals surface area (Å²) in [7, 11) is 1.68. The Labute approximate surface area is 170 Å². The minimum atomic E-state index is -0.716. The Bertz CT molecular complexity index is 877. The lowest BCUT2D eigenvalue weighted by Gasteiger charge is -2.34. The van der Waals surface area contributed by atoms with Crippen LogP contribution in [0.3, 0.4) is 0 Å². The number of rotatable bonds is 4. The first kappa shape index (κ1) is 19.6. The minimum Gasteiger partial charge on any atom is -0.497 e. The van der Waals surface area contributed by atoms with Gasteiger partial charge in [0.1, 0.15) is 5.75 Å². The van der Waals surface area contributed by atoms with E-state index < -0.39 is 5.97 Å². The van der Waals surface area contributed by atoms with Gasteiger partial charge in [0.2, 0.25) is 0 Å². The molecule has 7 nitrogen and oxygen atoms in total. The van der Waals surface area contributed by atoms with Crippen molar-refractivity contribution < 1.29 is 19.4 Å². The molecular formula is C22H29N3O4. The van der Waals surface area contributed by atoms with Gasteiger partial charge in [0.15, 0.2) is 0 Å². The number of nitrogens with one attached hydrogen (secondary N) is 2. The lowest BCUT2D eigenvalue weighted by molar-refractivity contribution is -0.142. The fraction of sp³-hybridized carbons (Fsp3) is 0.545. The van der Waals surface area contributed by atoms with Crippen molar-refractivity contribution >= 4 is 22.9 Å². The number of hydrogen-bond donors (Lipinski definition) is 3. The second-order valence-corrected chi connectivity index (χ2v) is 8.25. The normalized spacial score (nSPS) is 23.1. The van der Waals surface area contributed by atoms with Gasteiger partial charge in [-0.2, -0.15) is 0 Å². The molecule has 1 saturated carbocycles. The van der Waals surface area contributed by atoms with Gasteiger partial charge in [0.25, 0.3) is 0 Å². The first-order chi connectivity index (χ1) is 14.0. The van der Waals surface area contributed by atoms with Crippen LogP contribution in [-0.4, -0.2) is 53.2 Å². The van der Waals surface area contributed by atoms with Crippen molar-refractivity contribution in [2.45, 2.75) is 50.5 Å². The largest absolute Gasteiger partial charge is 0.497 e. The number of carboxylic acid groups (broad SMARTS) is 1. The zero-order chi connectivity index (χ0) is 20.4. The van der Waals surface area contributed by atoms with E-state index in [1.807, 2.05) is 17.0 Å². The van der Waals surface area contributed by atoms with Crippen molar-refractivity contribution in [3.63, 3.8) is 0 Å². The molecule has 0 bridgehead atoms. The smallest absolute Gasteiger partial charge is 0.317 e. The van der Waals surface area contributed by atoms with E-state index in [1.54, 1.807) is 7.11 Å². The number of aromatic nitrogens is 1. The maximum atomic E-state index is 12.6. The van der Waals surface area contributed by atoms with Crippen LogP contribution in [0, 0.1) is 5.92 Å². The molecule has 1 aromatic carbocycles. The molecule has 2 aliphatic rings. The van der Waals surface area contributed by atoms with Crippen LogP contribution in [0.15, 0.2) is 24.4 Å². The van der Waals surface area contributed by atoms with E-state index in [4.69, 9.17) is 9.84 Å². The fourth-order valence-corrected chi connectivity index (χ4v) is 4.73. The maximum absolute atomic E-state index is 12.6. The summed E-state index contributed by atoms with van der Waals surface area (Å²) in [6.45, 7) is 1.47. The van der Waals surface area contributed by atoms with Crippen LogP contribution in [0.25, 0.3) is 10.9 Å². The lowest BCUT2D eigenvalue weighted by atomic mass is 9.86. The van der Waals surface area contributed by atoms with Gasteiger partial charge in [-0.05, 0) is 68.2 Å². The van der Waals surface area contributed by atoms with Crippen molar-refractivity contribution in [2.75, 3.05) is 20.2 Å². The highest BCUT2D eigenvalue weighted by Crippen LogP contribution is 2.34. The first-order valence-electron chi connectivity index (χ1n) is 10.5. The number of aliphatic carboxylic acids is 1. The Hall–Kier alpha value is -2.70. The average Bonchev–Trinajstić information content (AvgIpc) is 3.17. The van der Waals surface area contributed by atoms with Crippen LogP contribution in [0.2, 0.25) is 0 Å². The van der Waals surface area contributed by atoms with Gasteiger partial charge in [-0.25, -0.2) is 4.79 Å². The summed E-state index contributed by atoms with van der Waals surface area (Å²) < 4.78 is 5.37. The molecule has 2 aromatic rings. The van der Waals surface area contributed by atoms with E-state index in [-0.39, 0.29) is 18.0 Å². The van der Waals surface area contributed by atoms with E-state index in [1.165, 1.54) is 10.9 Å². The number of aromatic amines is 1. The molecule has 29 heavy (non-hydrogen) atoms. The van der Waals surface area contributed by atoms with Gasteiger partial charge in [-0.3, -0.25) is 4.79 Å². The van der Waals surface area contributed by atoms with Gasteiger partial charge in [0.05, 0.1) is 13.0 Å². The number of ether oxygens (including phenoxy) is 1. The number of carbonyl (C=O) groups excluding carboxylic acids is 1. The molecule has 2 amide bonds. The Balaban J connectivity index is 1.31. The van der Waals surface area contributed by atoms with Crippen LogP contribution in [0.5, 0.6) is 5.75 Å². The third kappa shape index (κ3) is 4.18. The number of likely N-dealkylation sites (tertiary alicyclic amines) is 1. The number of carboxylic acids is 1. The van der Waals surface area contributed by atoms with Crippen molar-refractivity contribution in [3.05, 3.63) is 30.0 Å². The summed E-state index contributed by atoms with van der Waals surface area (Å²) in [6.07, 6.45) is 6.74. The average molecular weight is 399 g/mol. The number of amides is 2. The van der Waals surface area contributed by atoms with E-state index in [0.29, 0.717) is 18.8 Å². The number of piperidine rings is 1. The molecule has 1 aliphatic carbocycles. The molecule has 0 spiro atoms. The van der Waals surface area contributed by atoms with Gasteiger partial charge >= 0.3 is 12.0 Å². The van der Waals surface area contributed by atoms with Crippen LogP contribution in [0.4, 0.5) is 4.79 Å². The number of urea groups is 1. The summed E-state index contributed by atoms with van der Waals surface area (Å²) in [6, 6.07) is 6.16. The molecule has 156 valence electrons. The van der Waals surface area contributed by atoms with E-state index in [0.717, 1.165) is 50.0 Å². The first-order valence-corrected chi connectivity index (χ1v) is 10.5. The maximum Gasteiger partial charge on any atom is 0.317 e. The van der Waals surface area contributed by atoms with Crippen LogP contribution in [-0.2, 0) is 4.79 Å². The van der Waals surface area contributed by atoms with Gasteiger partial charge in [0, 0.05) is 36.2 Å². The predicted octanol–water partition coefficient (Wildman–Crippen LogP) is 3.71. The second-order valence-electron chi connectivity index (χ2n) is 8.25. The summed E-state index contributed by atoms with van der Waals surface area (Å²) in [5.41, 5.74) is 2.41. The summed E-state index contributed by atoms with van der Waals surface area (Å²) >= 11 is 0. The molecule has 4 rings (SSSR count). The number of hydrogen-bond acceptors (Lipinski definition) is 3. The SMILES string of the molecule is COc1ccc2[nH]cc(C3CCN(C(=O)NC4CCC(C(=O)O)CC4)CC3)c2c1. The van der Waals surface area contributed by atoms with Crippen LogP contribution < -0.4 is 10.1 Å². The Morgan fingerprint density at radius 1 is 1.14 bits per heavy atom. The zero-order valence-electron chi connectivity index (χ0n) is 16.8. The highest BCUT2D eigenvalue weighted by molar-refractivity contribution is 5.85. The van der Waals surface area contributed by atoms with Gasteiger partial charge in [-0.15, -0.1) is 0 Å². The number of carbonyl (C=O) groups is 2. The van der Waals surface area contributed by atoms with Crippen molar-refractivity contribution in [1.29, 1.82) is 0 Å². The van der Waals surface area contributed by atoms with E-state index >= 15 is 0 Å². The third-order valence-electron chi connectivity index (χ3n) is 6.55. The number of nitrogens with zero attached hydrogens (tertiary/aromatic N) is 1. The highest BCUT2D eigenvalue weighted by atomic mass is 16.5. The Morgan fingerprint density at radius 3 is 2.52 bits per heavy atom. The molecular weight excluding hydrogens is 370 g/mol. The second kappa shape index (κ2) is 8.35. The van der Waals surface area contributed by atoms with Crippen LogP contribution >= 0.6 is 0 Å². The summed E-state index contributed by atoms with van der Waals surface area (Å²) in [5, 5.41) is 13.4. The van der Waals surface area contributed by atoms with Crippen molar-refractivity contribution in [2.24, 2.45) is 5.92 Å². The number of fused-ring (bicyclic) bond motifs is 1. The number of H-pyrrole nitrogens is 1. The summed E-state index contributed by atoms with van der Waals surface area (Å²) in [4.78, 5) is 29.0. The van der Waals surface area contributed by atoms with Crippen molar-refractivity contribution in [1.82, 2.24) is 15.2 Å². The monoisotopic (exact) mass is 399 g/mol. The molecule has 1 aliphatic heterocycles. The quantitative estimate of drug-likeness (QED) is 0.730. The Morgan fingerprint density at radius 2 is 1.86 bits per heavy atom. The molecule has 2 heterocycles. The topological polar surface area (TPSA) is 94.7 Å². The molecule has 0 radical (unpaired) electrons. The Kier molecular flexibility index (Phi) is 5.65. The minimum absolute atomic E-state index is 0.0113. The molecule has 7 heteroatoms. The van der Waals surface area contributed by atoms with E-state index in [9.17, 15) is 9.59 Å². The standard InChI is InChI=1S/C22H29N3O4/c1-29-17-6-7-20-18(12-17)19(13-23-20)14-8-10-25(11-9-14)22(28)24-16-4-2-15(3-5-16)21(26)27/h6-7,12-16,23H,2-5,8-11H2,1H3,(H,24,28)(H,26,27). The van der Waals surface area contributed by atoms with Gasteiger partial charge < -0.3 is 25.0 Å². The third-order valence-corrected chi connectivity index (χ3v) is 6.55. The lowest BCUT2D eigenvalue weighted by Crippen LogP contribution is -2.48.